The maximum atomic E-state index is 12.1. The van der Waals surface area contributed by atoms with Gasteiger partial charge in [0, 0.05) is 18.8 Å². The van der Waals surface area contributed by atoms with E-state index in [1.165, 1.54) is 0 Å². The highest BCUT2D eigenvalue weighted by Crippen LogP contribution is 2.27. The van der Waals surface area contributed by atoms with Gasteiger partial charge in [-0.1, -0.05) is 24.3 Å². The predicted molar refractivity (Wildman–Crippen MR) is 150 cm³/mol. The number of nitrogens with zero attached hydrogens (tertiary/aromatic N) is 2. The number of nitrogens with one attached hydrogen (secondary N) is 2. The lowest BCUT2D eigenvalue weighted by Gasteiger charge is -2.26. The Kier molecular flexibility index (Phi) is 8.10. The SMILES string of the molecule is COc1ccc(CN(Cc2ccc(OC)cc2)c2nc3cc(CNC(=O)OC(C)(C)C)[nH]c3cc2C)cc1. The van der Waals surface area contributed by atoms with Gasteiger partial charge < -0.3 is 29.4 Å². The van der Waals surface area contributed by atoms with Crippen LogP contribution in [0.1, 0.15) is 43.2 Å². The van der Waals surface area contributed by atoms with Crippen molar-refractivity contribution in [2.75, 3.05) is 19.1 Å². The first-order valence-corrected chi connectivity index (χ1v) is 12.6. The van der Waals surface area contributed by atoms with Crippen LogP contribution in [0.2, 0.25) is 0 Å². The normalized spacial score (nSPS) is 11.3. The fourth-order valence-electron chi connectivity index (χ4n) is 4.21. The monoisotopic (exact) mass is 516 g/mol. The van der Waals surface area contributed by atoms with Gasteiger partial charge in [0.2, 0.25) is 0 Å². The van der Waals surface area contributed by atoms with E-state index >= 15 is 0 Å². The Labute approximate surface area is 223 Å². The average molecular weight is 517 g/mol. The number of fused-ring (bicyclic) bond motifs is 1. The van der Waals surface area contributed by atoms with Gasteiger partial charge in [-0.15, -0.1) is 0 Å². The summed E-state index contributed by atoms with van der Waals surface area (Å²) in [5.74, 6) is 2.55. The largest absolute Gasteiger partial charge is 0.497 e. The number of aryl methyl sites for hydroxylation is 1. The third-order valence-electron chi connectivity index (χ3n) is 6.01. The number of hydrogen-bond donors (Lipinski definition) is 2. The average Bonchev–Trinajstić information content (AvgIpc) is 3.28. The van der Waals surface area contributed by atoms with Crippen molar-refractivity contribution in [3.05, 3.63) is 83.0 Å². The molecule has 0 aliphatic rings. The molecule has 0 radical (unpaired) electrons. The van der Waals surface area contributed by atoms with Gasteiger partial charge in [0.1, 0.15) is 22.9 Å². The van der Waals surface area contributed by atoms with Crippen molar-refractivity contribution in [2.45, 2.75) is 52.9 Å². The van der Waals surface area contributed by atoms with Crippen LogP contribution in [0.3, 0.4) is 0 Å². The van der Waals surface area contributed by atoms with E-state index in [-0.39, 0.29) is 0 Å². The van der Waals surface area contributed by atoms with Crippen molar-refractivity contribution in [3.8, 4) is 11.5 Å². The summed E-state index contributed by atoms with van der Waals surface area (Å²) in [4.78, 5) is 22.8. The standard InChI is InChI=1S/C30H36N4O4/c1-20-15-26-27(16-23(32-26)17-31-29(35)38-30(2,3)4)33-28(20)34(18-21-7-11-24(36-5)12-8-21)19-22-9-13-25(37-6)14-10-22/h7-16,32H,17-19H2,1-6H3,(H,31,35). The summed E-state index contributed by atoms with van der Waals surface area (Å²) in [5, 5.41) is 2.80. The predicted octanol–water partition coefficient (Wildman–Crippen LogP) is 6.12. The molecule has 0 aliphatic heterocycles. The van der Waals surface area contributed by atoms with Gasteiger partial charge in [-0.05, 0) is 80.8 Å². The van der Waals surface area contributed by atoms with E-state index < -0.39 is 11.7 Å². The number of methoxy groups -OCH3 is 2. The van der Waals surface area contributed by atoms with Crippen molar-refractivity contribution in [1.29, 1.82) is 0 Å². The minimum atomic E-state index is -0.546. The number of rotatable bonds is 9. The lowest BCUT2D eigenvalue weighted by atomic mass is 10.1. The number of alkyl carbamates (subject to hydrolysis) is 1. The summed E-state index contributed by atoms with van der Waals surface area (Å²) < 4.78 is 16.0. The third-order valence-corrected chi connectivity index (χ3v) is 6.01. The smallest absolute Gasteiger partial charge is 0.407 e. The Morgan fingerprint density at radius 3 is 1.97 bits per heavy atom. The molecule has 0 spiro atoms. The van der Waals surface area contributed by atoms with Crippen molar-refractivity contribution in [2.24, 2.45) is 0 Å². The number of ether oxygens (including phenoxy) is 3. The highest BCUT2D eigenvalue weighted by molar-refractivity contribution is 5.80. The van der Waals surface area contributed by atoms with E-state index in [1.54, 1.807) is 14.2 Å². The number of carbonyl (C=O) groups excluding carboxylic acids is 1. The minimum absolute atomic E-state index is 0.321. The van der Waals surface area contributed by atoms with Crippen LogP contribution in [-0.4, -0.2) is 35.9 Å². The fraction of sp³-hybridized carbons (Fsp3) is 0.333. The first-order chi connectivity index (χ1) is 18.1. The molecule has 0 fully saturated rings. The number of anilines is 1. The Hall–Kier alpha value is -4.20. The van der Waals surface area contributed by atoms with Crippen LogP contribution in [0.5, 0.6) is 11.5 Å². The molecule has 200 valence electrons. The molecule has 0 aliphatic carbocycles. The van der Waals surface area contributed by atoms with Crippen molar-refractivity contribution in [3.63, 3.8) is 0 Å². The summed E-state index contributed by atoms with van der Waals surface area (Å²) in [7, 11) is 3.34. The number of hydrogen-bond acceptors (Lipinski definition) is 6. The van der Waals surface area contributed by atoms with Gasteiger partial charge in [-0.3, -0.25) is 0 Å². The Morgan fingerprint density at radius 1 is 0.921 bits per heavy atom. The second-order valence-electron chi connectivity index (χ2n) is 10.3. The summed E-state index contributed by atoms with van der Waals surface area (Å²) in [6.07, 6.45) is -0.453. The number of aromatic amines is 1. The molecule has 8 heteroatoms. The molecule has 0 unspecified atom stereocenters. The summed E-state index contributed by atoms with van der Waals surface area (Å²) in [5.41, 5.74) is 5.41. The maximum Gasteiger partial charge on any atom is 0.407 e. The maximum absolute atomic E-state index is 12.1. The number of amides is 1. The van der Waals surface area contributed by atoms with Gasteiger partial charge in [0.05, 0.1) is 31.8 Å². The van der Waals surface area contributed by atoms with Gasteiger partial charge in [0.15, 0.2) is 0 Å². The molecule has 2 heterocycles. The first kappa shape index (κ1) is 26.9. The molecule has 2 aromatic carbocycles. The Balaban J connectivity index is 1.60. The molecule has 38 heavy (non-hydrogen) atoms. The molecule has 2 aromatic heterocycles. The van der Waals surface area contributed by atoms with E-state index in [0.717, 1.165) is 50.7 Å². The molecule has 4 aromatic rings. The number of aromatic nitrogens is 2. The molecular formula is C30H36N4O4. The van der Waals surface area contributed by atoms with E-state index in [0.29, 0.717) is 19.6 Å². The quantitative estimate of drug-likeness (QED) is 0.279. The topological polar surface area (TPSA) is 88.7 Å². The molecular weight excluding hydrogens is 480 g/mol. The molecule has 0 atom stereocenters. The Morgan fingerprint density at radius 2 is 1.47 bits per heavy atom. The minimum Gasteiger partial charge on any atom is -0.497 e. The number of H-pyrrole nitrogens is 1. The number of pyridine rings is 1. The van der Waals surface area contributed by atoms with E-state index in [4.69, 9.17) is 19.2 Å². The molecule has 1 amide bonds. The second-order valence-corrected chi connectivity index (χ2v) is 10.3. The highest BCUT2D eigenvalue weighted by atomic mass is 16.6. The third kappa shape index (κ3) is 6.97. The van der Waals surface area contributed by atoms with Crippen LogP contribution in [0.15, 0.2) is 60.7 Å². The molecule has 4 rings (SSSR count). The van der Waals surface area contributed by atoms with Crippen LogP contribution in [0.4, 0.5) is 10.6 Å². The molecule has 8 nitrogen and oxygen atoms in total. The zero-order valence-electron chi connectivity index (χ0n) is 22.9. The van der Waals surface area contributed by atoms with Gasteiger partial charge in [-0.2, -0.15) is 0 Å². The molecule has 0 saturated carbocycles. The van der Waals surface area contributed by atoms with Crippen LogP contribution in [-0.2, 0) is 24.4 Å². The highest BCUT2D eigenvalue weighted by Gasteiger charge is 2.18. The zero-order chi connectivity index (χ0) is 27.3. The summed E-state index contributed by atoms with van der Waals surface area (Å²) >= 11 is 0. The van der Waals surface area contributed by atoms with Crippen molar-refractivity contribution >= 4 is 22.9 Å². The molecule has 0 bridgehead atoms. The van der Waals surface area contributed by atoms with Gasteiger partial charge >= 0.3 is 6.09 Å². The van der Waals surface area contributed by atoms with E-state index in [2.05, 4.69) is 52.5 Å². The van der Waals surface area contributed by atoms with Crippen molar-refractivity contribution in [1.82, 2.24) is 15.3 Å². The van der Waals surface area contributed by atoms with Crippen LogP contribution in [0, 0.1) is 6.92 Å². The number of benzene rings is 2. The van der Waals surface area contributed by atoms with Gasteiger partial charge in [0.25, 0.3) is 0 Å². The lowest BCUT2D eigenvalue weighted by Crippen LogP contribution is -2.32. The van der Waals surface area contributed by atoms with E-state index in [9.17, 15) is 4.79 Å². The molecule has 0 saturated heterocycles. The van der Waals surface area contributed by atoms with E-state index in [1.807, 2.05) is 51.1 Å². The second kappa shape index (κ2) is 11.5. The van der Waals surface area contributed by atoms with Crippen LogP contribution < -0.4 is 19.7 Å². The fourth-order valence-corrected chi connectivity index (χ4v) is 4.21. The summed E-state index contributed by atoms with van der Waals surface area (Å²) in [6, 6.07) is 20.3. The first-order valence-electron chi connectivity index (χ1n) is 12.6. The Bertz CT molecular complexity index is 1320. The summed E-state index contributed by atoms with van der Waals surface area (Å²) in [6.45, 7) is 9.26. The van der Waals surface area contributed by atoms with Crippen LogP contribution in [0.25, 0.3) is 11.0 Å². The zero-order valence-corrected chi connectivity index (χ0v) is 22.9. The molecule has 2 N–H and O–H groups in total. The van der Waals surface area contributed by atoms with Gasteiger partial charge in [-0.25, -0.2) is 9.78 Å². The lowest BCUT2D eigenvalue weighted by molar-refractivity contribution is 0.0523. The van der Waals surface area contributed by atoms with Crippen LogP contribution >= 0.6 is 0 Å². The number of carbonyl (C=O) groups is 1. The van der Waals surface area contributed by atoms with Crippen molar-refractivity contribution < 1.29 is 19.0 Å².